The highest BCUT2D eigenvalue weighted by atomic mass is 32.2. The highest BCUT2D eigenvalue weighted by Crippen LogP contribution is 2.33. The smallest absolute Gasteiger partial charge is 0.325 e. The first-order valence-corrected chi connectivity index (χ1v) is 8.08. The molecule has 8 heteroatoms. The van der Waals surface area contributed by atoms with Crippen molar-refractivity contribution in [1.82, 2.24) is 0 Å². The molecule has 2 rings (SSSR count). The summed E-state index contributed by atoms with van der Waals surface area (Å²) in [6.07, 6.45) is -3.07. The van der Waals surface area contributed by atoms with Crippen LogP contribution in [-0.2, 0) is 6.18 Å². The fourth-order valence-electron chi connectivity index (χ4n) is 1.79. The molecule has 3 N–H and O–H groups in total. The molecule has 0 saturated carbocycles. The van der Waals surface area contributed by atoms with Gasteiger partial charge in [0.05, 0.1) is 11.3 Å². The first-order valence-electron chi connectivity index (χ1n) is 6.32. The van der Waals surface area contributed by atoms with Crippen LogP contribution in [0.1, 0.15) is 11.1 Å². The lowest BCUT2D eigenvalue weighted by atomic mass is 10.1. The third-order valence-electron chi connectivity index (χ3n) is 2.82. The highest BCUT2D eigenvalue weighted by Gasteiger charge is 2.32. The van der Waals surface area contributed by atoms with Gasteiger partial charge in [-0.2, -0.15) is 13.2 Å². The topological polar surface area (TPSA) is 38.0 Å². The van der Waals surface area contributed by atoms with Crippen molar-refractivity contribution >= 4 is 35.7 Å². The van der Waals surface area contributed by atoms with Crippen LogP contribution in [0.3, 0.4) is 0 Å². The van der Waals surface area contributed by atoms with Crippen molar-refractivity contribution in [2.24, 2.45) is 5.14 Å². The Hall–Kier alpha value is -1.64. The minimum absolute atomic E-state index is 0.0574. The fourth-order valence-corrected chi connectivity index (χ4v) is 2.82. The third kappa shape index (κ3) is 4.92. The van der Waals surface area contributed by atoms with E-state index in [1.165, 1.54) is 47.9 Å². The summed E-state index contributed by atoms with van der Waals surface area (Å²) in [6.45, 7) is 0. The predicted octanol–water partition coefficient (Wildman–Crippen LogP) is 5.54. The van der Waals surface area contributed by atoms with Crippen LogP contribution in [0.25, 0.3) is 6.08 Å². The molecule has 0 aliphatic heterocycles. The maximum atomic E-state index is 13.2. The Labute approximate surface area is 139 Å². The third-order valence-corrected chi connectivity index (χ3v) is 4.04. The largest absolute Gasteiger partial charge is 0.416 e. The van der Waals surface area contributed by atoms with E-state index in [0.717, 1.165) is 30.0 Å². The molecular formula is C15H12F4N2S2. The standard InChI is InChI=1S/C15H12F4N2S2/c16-11-5-6-14(23-20)13(9-11)21-22-8-7-10-3-1-2-4-12(10)15(17,18)19/h1-9,21H,20H2/b8-7+. The van der Waals surface area contributed by atoms with Crippen LogP contribution in [0.2, 0.25) is 0 Å². The minimum Gasteiger partial charge on any atom is -0.325 e. The number of hydrogen-bond acceptors (Lipinski definition) is 4. The number of rotatable bonds is 5. The first kappa shape index (κ1) is 17.7. The maximum absolute atomic E-state index is 13.2. The molecular weight excluding hydrogens is 348 g/mol. The van der Waals surface area contributed by atoms with Crippen LogP contribution in [0.15, 0.2) is 52.8 Å². The molecule has 122 valence electrons. The maximum Gasteiger partial charge on any atom is 0.416 e. The number of nitrogens with two attached hydrogens (primary N) is 1. The van der Waals surface area contributed by atoms with Crippen LogP contribution < -0.4 is 9.86 Å². The molecule has 0 unspecified atom stereocenters. The van der Waals surface area contributed by atoms with E-state index in [4.69, 9.17) is 5.14 Å². The molecule has 2 aromatic carbocycles. The van der Waals surface area contributed by atoms with E-state index in [2.05, 4.69) is 4.72 Å². The van der Waals surface area contributed by atoms with E-state index in [1.54, 1.807) is 0 Å². The molecule has 0 atom stereocenters. The van der Waals surface area contributed by atoms with Crippen LogP contribution in [-0.4, -0.2) is 0 Å². The summed E-state index contributed by atoms with van der Waals surface area (Å²) in [5.74, 6) is -0.433. The average molecular weight is 360 g/mol. The van der Waals surface area contributed by atoms with Crippen LogP contribution >= 0.6 is 23.9 Å². The van der Waals surface area contributed by atoms with E-state index < -0.39 is 17.6 Å². The van der Waals surface area contributed by atoms with Crippen LogP contribution in [0, 0.1) is 5.82 Å². The summed E-state index contributed by atoms with van der Waals surface area (Å²) >= 11 is 1.97. The van der Waals surface area contributed by atoms with Crippen molar-refractivity contribution in [1.29, 1.82) is 0 Å². The van der Waals surface area contributed by atoms with Gasteiger partial charge in [-0.25, -0.2) is 4.39 Å². The lowest BCUT2D eigenvalue weighted by Crippen LogP contribution is -2.06. The molecule has 2 nitrogen and oxygen atoms in total. The van der Waals surface area contributed by atoms with Gasteiger partial charge in [-0.05, 0) is 65.2 Å². The monoisotopic (exact) mass is 360 g/mol. The minimum atomic E-state index is -4.41. The summed E-state index contributed by atoms with van der Waals surface area (Å²) in [5.41, 5.74) is -0.195. The summed E-state index contributed by atoms with van der Waals surface area (Å²) in [5, 5.41) is 6.92. The van der Waals surface area contributed by atoms with Gasteiger partial charge in [-0.1, -0.05) is 18.2 Å². The lowest BCUT2D eigenvalue weighted by molar-refractivity contribution is -0.137. The van der Waals surface area contributed by atoms with Crippen molar-refractivity contribution in [3.05, 3.63) is 64.8 Å². The molecule has 0 spiro atoms. The number of halogens is 4. The van der Waals surface area contributed by atoms with Gasteiger partial charge in [-0.3, -0.25) is 5.14 Å². The summed E-state index contributed by atoms with van der Waals surface area (Å²) < 4.78 is 54.6. The second-order valence-corrected chi connectivity index (χ2v) is 5.75. The number of anilines is 1. The summed E-state index contributed by atoms with van der Waals surface area (Å²) in [7, 11) is 0. The Morgan fingerprint density at radius 2 is 1.83 bits per heavy atom. The lowest BCUT2D eigenvalue weighted by Gasteiger charge is -2.10. The van der Waals surface area contributed by atoms with Crippen molar-refractivity contribution < 1.29 is 17.6 Å². The van der Waals surface area contributed by atoms with Gasteiger partial charge in [0.25, 0.3) is 0 Å². The molecule has 2 aromatic rings. The number of alkyl halides is 3. The number of hydrogen-bond donors (Lipinski definition) is 2. The molecule has 23 heavy (non-hydrogen) atoms. The molecule has 0 aliphatic carbocycles. The zero-order valence-electron chi connectivity index (χ0n) is 11.6. The van der Waals surface area contributed by atoms with E-state index in [1.807, 2.05) is 0 Å². The zero-order valence-corrected chi connectivity index (χ0v) is 13.2. The van der Waals surface area contributed by atoms with Gasteiger partial charge in [0.1, 0.15) is 5.82 Å². The van der Waals surface area contributed by atoms with Crippen LogP contribution in [0.4, 0.5) is 23.2 Å². The van der Waals surface area contributed by atoms with E-state index in [0.29, 0.717) is 10.6 Å². The molecule has 0 radical (unpaired) electrons. The van der Waals surface area contributed by atoms with Crippen molar-refractivity contribution in [2.45, 2.75) is 11.1 Å². The molecule has 0 saturated heterocycles. The van der Waals surface area contributed by atoms with E-state index in [9.17, 15) is 17.6 Å². The SMILES string of the molecule is NSc1ccc(F)cc1NS/C=C/c1ccccc1C(F)(F)F. The van der Waals surface area contributed by atoms with Gasteiger partial charge >= 0.3 is 6.18 Å². The van der Waals surface area contributed by atoms with Crippen LogP contribution in [0.5, 0.6) is 0 Å². The van der Waals surface area contributed by atoms with E-state index >= 15 is 0 Å². The quantitative estimate of drug-likeness (QED) is 0.542. The Morgan fingerprint density at radius 3 is 2.52 bits per heavy atom. The van der Waals surface area contributed by atoms with E-state index in [-0.39, 0.29) is 5.56 Å². The van der Waals surface area contributed by atoms with Gasteiger partial charge in [0, 0.05) is 4.90 Å². The van der Waals surface area contributed by atoms with Crippen molar-refractivity contribution in [3.8, 4) is 0 Å². The summed E-state index contributed by atoms with van der Waals surface area (Å²) in [4.78, 5) is 0.628. The molecule has 0 aromatic heterocycles. The molecule has 0 fully saturated rings. The normalized spacial score (nSPS) is 11.9. The van der Waals surface area contributed by atoms with Gasteiger partial charge in [-0.15, -0.1) is 0 Å². The highest BCUT2D eigenvalue weighted by molar-refractivity contribution is 8.03. The Bertz CT molecular complexity index is 702. The number of benzene rings is 2. The van der Waals surface area contributed by atoms with Crippen molar-refractivity contribution in [2.75, 3.05) is 4.72 Å². The molecule has 0 bridgehead atoms. The van der Waals surface area contributed by atoms with Gasteiger partial charge in [0.2, 0.25) is 0 Å². The Balaban J connectivity index is 2.08. The van der Waals surface area contributed by atoms with Gasteiger partial charge in [0.15, 0.2) is 0 Å². The predicted molar refractivity (Wildman–Crippen MR) is 88.1 cm³/mol. The Morgan fingerprint density at radius 1 is 1.09 bits per heavy atom. The average Bonchev–Trinajstić information content (AvgIpc) is 2.51. The summed E-state index contributed by atoms with van der Waals surface area (Å²) in [6, 6.07) is 9.33. The first-order chi connectivity index (χ1) is 10.9. The van der Waals surface area contributed by atoms with Gasteiger partial charge < -0.3 is 4.72 Å². The second kappa shape index (κ2) is 7.76. The zero-order chi connectivity index (χ0) is 16.9. The second-order valence-electron chi connectivity index (χ2n) is 4.37. The Kier molecular flexibility index (Phi) is 5.97. The molecule has 0 amide bonds. The fraction of sp³-hybridized carbons (Fsp3) is 0.0667. The van der Waals surface area contributed by atoms with Crippen molar-refractivity contribution in [3.63, 3.8) is 0 Å². The molecule has 0 aliphatic rings. The number of nitrogens with one attached hydrogen (secondary N) is 1. The molecule has 0 heterocycles.